The van der Waals surface area contributed by atoms with Crippen LogP contribution in [-0.2, 0) is 19.6 Å². The van der Waals surface area contributed by atoms with Crippen LogP contribution in [0.2, 0.25) is 0 Å². The maximum Gasteiger partial charge on any atom is 0.145 e. The SMILES string of the molecule is CC1(COc2ccc(C(C)(c3ccc(OCC4(C)COC4)c(I)c3)c3cc(I)c(OCC4(C)COC4)c(I)c3)cc2I)COC1. The van der Waals surface area contributed by atoms with Gasteiger partial charge in [0.15, 0.2) is 0 Å². The molecule has 0 aliphatic carbocycles. The third kappa shape index (κ3) is 7.41. The van der Waals surface area contributed by atoms with Gasteiger partial charge in [0, 0.05) is 21.7 Å². The normalized spacial score (nSPS) is 19.6. The molecule has 3 heterocycles. The van der Waals surface area contributed by atoms with Gasteiger partial charge in [-0.05, 0) is 150 Å². The highest BCUT2D eigenvalue weighted by Crippen LogP contribution is 2.45. The van der Waals surface area contributed by atoms with E-state index in [4.69, 9.17) is 28.4 Å². The maximum atomic E-state index is 6.41. The predicted molar refractivity (Wildman–Crippen MR) is 209 cm³/mol. The van der Waals surface area contributed by atoms with Crippen LogP contribution >= 0.6 is 90.4 Å². The second kappa shape index (κ2) is 13.6. The maximum absolute atomic E-state index is 6.41. The molecule has 0 N–H and O–H groups in total. The van der Waals surface area contributed by atoms with Gasteiger partial charge in [-0.25, -0.2) is 0 Å². The summed E-state index contributed by atoms with van der Waals surface area (Å²) in [6, 6.07) is 17.8. The van der Waals surface area contributed by atoms with Crippen molar-refractivity contribution in [1.29, 1.82) is 0 Å². The van der Waals surface area contributed by atoms with Crippen LogP contribution in [0.4, 0.5) is 0 Å². The molecule has 0 saturated carbocycles. The Morgan fingerprint density at radius 1 is 0.556 bits per heavy atom. The third-order valence-corrected chi connectivity index (χ3v) is 12.3. The Morgan fingerprint density at radius 2 is 0.911 bits per heavy atom. The van der Waals surface area contributed by atoms with Crippen LogP contribution in [0.3, 0.4) is 0 Å². The van der Waals surface area contributed by atoms with Crippen molar-refractivity contribution >= 4 is 90.4 Å². The summed E-state index contributed by atoms with van der Waals surface area (Å²) in [6.45, 7) is 15.4. The Kier molecular flexibility index (Phi) is 10.5. The van der Waals surface area contributed by atoms with Crippen LogP contribution in [-0.4, -0.2) is 59.5 Å². The Bertz CT molecular complexity index is 1470. The number of halogens is 4. The molecule has 3 saturated heterocycles. The van der Waals surface area contributed by atoms with Gasteiger partial charge in [0.25, 0.3) is 0 Å². The Hall–Kier alpha value is -0.140. The highest BCUT2D eigenvalue weighted by atomic mass is 127. The average molecular weight is 1060 g/mol. The molecule has 3 fully saturated rings. The van der Waals surface area contributed by atoms with E-state index in [0.29, 0.717) is 19.8 Å². The van der Waals surface area contributed by atoms with Gasteiger partial charge in [0.1, 0.15) is 17.2 Å². The van der Waals surface area contributed by atoms with Crippen LogP contribution in [0.1, 0.15) is 44.4 Å². The molecule has 0 atom stereocenters. The second-order valence-corrected chi connectivity index (χ2v) is 18.6. The quantitative estimate of drug-likeness (QED) is 0.134. The van der Waals surface area contributed by atoms with E-state index in [1.165, 1.54) is 16.7 Å². The summed E-state index contributed by atoms with van der Waals surface area (Å²) in [5.41, 5.74) is 3.38. The molecule has 0 amide bonds. The monoisotopic (exact) mass is 1060 g/mol. The lowest BCUT2D eigenvalue weighted by atomic mass is 9.71. The van der Waals surface area contributed by atoms with Crippen molar-refractivity contribution in [3.8, 4) is 17.2 Å². The first-order valence-electron chi connectivity index (χ1n) is 15.0. The molecule has 3 aliphatic heterocycles. The smallest absolute Gasteiger partial charge is 0.145 e. The third-order valence-electron chi connectivity index (χ3n) is 9.01. The van der Waals surface area contributed by atoms with E-state index in [2.05, 4.69) is 167 Å². The molecule has 10 heteroatoms. The number of hydrogen-bond acceptors (Lipinski definition) is 6. The van der Waals surface area contributed by atoms with Gasteiger partial charge < -0.3 is 28.4 Å². The summed E-state index contributed by atoms with van der Waals surface area (Å²) in [7, 11) is 0. The second-order valence-electron chi connectivity index (χ2n) is 14.0. The van der Waals surface area contributed by atoms with Crippen molar-refractivity contribution in [1.82, 2.24) is 0 Å². The summed E-state index contributed by atoms with van der Waals surface area (Å²) in [6.07, 6.45) is 0. The summed E-state index contributed by atoms with van der Waals surface area (Å²) < 4.78 is 39.7. The number of hydrogen-bond donors (Lipinski definition) is 0. The standard InChI is InChI=1S/C35H38I4O6/c1-32(13-40-14-32)19-43-29-7-5-22(9-25(29)36)35(4,23-6-8-30(26(37)10-23)44-20-33(2)15-41-16-33)24-11-27(38)31(28(39)12-24)45-21-34(3)17-42-18-34/h5-12H,13-21H2,1-4H3. The van der Waals surface area contributed by atoms with Gasteiger partial charge in [-0.1, -0.05) is 32.9 Å². The fourth-order valence-electron chi connectivity index (χ4n) is 5.70. The van der Waals surface area contributed by atoms with Gasteiger partial charge in [-0.15, -0.1) is 0 Å². The number of rotatable bonds is 12. The molecule has 6 rings (SSSR count). The van der Waals surface area contributed by atoms with E-state index in [1.54, 1.807) is 0 Å². The Morgan fingerprint density at radius 3 is 1.24 bits per heavy atom. The van der Waals surface area contributed by atoms with Crippen molar-refractivity contribution in [2.45, 2.75) is 33.1 Å². The van der Waals surface area contributed by atoms with Crippen LogP contribution in [0, 0.1) is 30.5 Å². The molecular weight excluding hydrogens is 1020 g/mol. The van der Waals surface area contributed by atoms with Crippen molar-refractivity contribution < 1.29 is 28.4 Å². The number of benzene rings is 3. The van der Waals surface area contributed by atoms with Crippen LogP contribution < -0.4 is 14.2 Å². The van der Waals surface area contributed by atoms with E-state index in [0.717, 1.165) is 71.2 Å². The van der Waals surface area contributed by atoms with Gasteiger partial charge >= 0.3 is 0 Å². The lowest BCUT2D eigenvalue weighted by molar-refractivity contribution is -0.120. The van der Waals surface area contributed by atoms with Gasteiger partial charge in [0.05, 0.1) is 73.7 Å². The zero-order chi connectivity index (χ0) is 32.0. The topological polar surface area (TPSA) is 55.4 Å². The van der Waals surface area contributed by atoms with Crippen molar-refractivity contribution in [3.05, 3.63) is 79.5 Å². The van der Waals surface area contributed by atoms with E-state index in [-0.39, 0.29) is 16.2 Å². The van der Waals surface area contributed by atoms with Gasteiger partial charge in [-0.2, -0.15) is 0 Å². The van der Waals surface area contributed by atoms with E-state index in [1.807, 2.05) is 0 Å². The van der Waals surface area contributed by atoms with Crippen LogP contribution in [0.5, 0.6) is 17.2 Å². The first kappa shape index (κ1) is 34.7. The molecule has 45 heavy (non-hydrogen) atoms. The van der Waals surface area contributed by atoms with Crippen LogP contribution in [0.15, 0.2) is 48.5 Å². The molecule has 0 aromatic heterocycles. The lowest BCUT2D eigenvalue weighted by Gasteiger charge is -2.38. The first-order chi connectivity index (χ1) is 21.3. The minimum absolute atomic E-state index is 0.0759. The van der Waals surface area contributed by atoms with Crippen LogP contribution in [0.25, 0.3) is 0 Å². The van der Waals surface area contributed by atoms with Crippen molar-refractivity contribution in [3.63, 3.8) is 0 Å². The number of ether oxygens (including phenoxy) is 6. The van der Waals surface area contributed by atoms with E-state index >= 15 is 0 Å². The molecule has 3 aliphatic rings. The minimum Gasteiger partial charge on any atom is -0.492 e. The highest BCUT2D eigenvalue weighted by Gasteiger charge is 2.38. The Labute approximate surface area is 320 Å². The molecule has 242 valence electrons. The van der Waals surface area contributed by atoms with Crippen molar-refractivity contribution in [2.24, 2.45) is 16.2 Å². The highest BCUT2D eigenvalue weighted by molar-refractivity contribution is 14.1. The largest absolute Gasteiger partial charge is 0.492 e. The zero-order valence-corrected chi connectivity index (χ0v) is 34.6. The van der Waals surface area contributed by atoms with Gasteiger partial charge in [-0.3, -0.25) is 0 Å². The summed E-state index contributed by atoms with van der Waals surface area (Å²) in [5.74, 6) is 2.75. The fourth-order valence-corrected chi connectivity index (χ4v) is 9.12. The molecule has 3 aromatic carbocycles. The molecule has 0 radical (unpaired) electrons. The molecular formula is C35H38I4O6. The minimum atomic E-state index is -0.454. The van der Waals surface area contributed by atoms with E-state index in [9.17, 15) is 0 Å². The Balaban J connectivity index is 1.35. The first-order valence-corrected chi connectivity index (χ1v) is 19.3. The lowest BCUT2D eigenvalue weighted by Crippen LogP contribution is -2.44. The molecule has 0 unspecified atom stereocenters. The summed E-state index contributed by atoms with van der Waals surface area (Å²) >= 11 is 9.67. The summed E-state index contributed by atoms with van der Waals surface area (Å²) in [5, 5.41) is 0. The molecule has 0 spiro atoms. The van der Waals surface area contributed by atoms with Gasteiger partial charge in [0.2, 0.25) is 0 Å². The summed E-state index contributed by atoms with van der Waals surface area (Å²) in [4.78, 5) is 0. The molecule has 6 nitrogen and oxygen atoms in total. The zero-order valence-electron chi connectivity index (χ0n) is 25.9. The molecule has 0 bridgehead atoms. The van der Waals surface area contributed by atoms with E-state index < -0.39 is 5.41 Å². The van der Waals surface area contributed by atoms with Crippen molar-refractivity contribution in [2.75, 3.05) is 59.5 Å². The predicted octanol–water partition coefficient (Wildman–Crippen LogP) is 8.71. The molecule has 3 aromatic rings. The fraction of sp³-hybridized carbons (Fsp3) is 0.486. The average Bonchev–Trinajstić information content (AvgIpc) is 2.96.